The summed E-state index contributed by atoms with van der Waals surface area (Å²) in [6.07, 6.45) is 3.90. The molecule has 78 valence electrons. The minimum Gasteiger partial charge on any atom is -0.337 e. The van der Waals surface area contributed by atoms with E-state index in [4.69, 9.17) is 0 Å². The first-order valence-corrected chi connectivity index (χ1v) is 7.85. The second kappa shape index (κ2) is 6.38. The van der Waals surface area contributed by atoms with Gasteiger partial charge in [-0.15, -0.1) is 6.58 Å². The van der Waals surface area contributed by atoms with Crippen molar-refractivity contribution in [1.29, 1.82) is 0 Å². The van der Waals surface area contributed by atoms with Gasteiger partial charge < -0.3 is 4.98 Å². The Labute approximate surface area is 84.7 Å². The molecule has 0 aliphatic rings. The first-order valence-electron chi connectivity index (χ1n) is 5.49. The second-order valence-corrected chi connectivity index (χ2v) is 8.38. The first-order chi connectivity index (χ1) is 6.16. The zero-order valence-electron chi connectivity index (χ0n) is 9.69. The maximum absolute atomic E-state index is 4.03. The quantitative estimate of drug-likeness (QED) is 0.619. The molecule has 0 rings (SSSR count). The van der Waals surface area contributed by atoms with E-state index >= 15 is 0 Å². The fraction of sp³-hybridized carbons (Fsp3) is 0.818. The lowest BCUT2D eigenvalue weighted by Crippen LogP contribution is -2.50. The molecule has 0 bridgehead atoms. The highest BCUT2D eigenvalue weighted by molar-refractivity contribution is 6.83. The molecule has 0 aliphatic carbocycles. The topological polar surface area (TPSA) is 12.0 Å². The van der Waals surface area contributed by atoms with Crippen LogP contribution in [0.15, 0.2) is 12.3 Å². The Balaban J connectivity index is 4.38. The van der Waals surface area contributed by atoms with Crippen molar-refractivity contribution in [3.63, 3.8) is 0 Å². The summed E-state index contributed by atoms with van der Waals surface area (Å²) in [6.45, 7) is 10.9. The Hall–Kier alpha value is -0.0831. The zero-order chi connectivity index (χ0) is 10.3. The van der Waals surface area contributed by atoms with Crippen LogP contribution < -0.4 is 4.98 Å². The molecule has 0 radical (unpaired) electrons. The molecule has 2 atom stereocenters. The number of rotatable bonds is 7. The Kier molecular flexibility index (Phi) is 6.34. The summed E-state index contributed by atoms with van der Waals surface area (Å²) in [5.41, 5.74) is 3.04. The molecule has 0 amide bonds. The largest absolute Gasteiger partial charge is 0.337 e. The molecule has 2 unspecified atom stereocenters. The molecule has 1 nitrogen and oxygen atoms in total. The minimum absolute atomic E-state index is 0.807. The van der Waals surface area contributed by atoms with Gasteiger partial charge in [-0.05, 0) is 18.6 Å². The van der Waals surface area contributed by atoms with Gasteiger partial charge in [-0.25, -0.2) is 0 Å². The average molecular weight is 199 g/mol. The second-order valence-electron chi connectivity index (χ2n) is 3.91. The molecule has 13 heavy (non-hydrogen) atoms. The van der Waals surface area contributed by atoms with Crippen molar-refractivity contribution in [2.45, 2.75) is 51.6 Å². The molecule has 0 heterocycles. The van der Waals surface area contributed by atoms with E-state index in [0.29, 0.717) is 0 Å². The number of nitrogens with one attached hydrogen (secondary N) is 1. The minimum atomic E-state index is -1.35. The van der Waals surface area contributed by atoms with Crippen molar-refractivity contribution in [2.75, 3.05) is 7.05 Å². The van der Waals surface area contributed by atoms with Gasteiger partial charge in [0.1, 0.15) is 0 Å². The van der Waals surface area contributed by atoms with Gasteiger partial charge >= 0.3 is 0 Å². The van der Waals surface area contributed by atoms with Crippen LogP contribution in [0.2, 0.25) is 11.6 Å². The van der Waals surface area contributed by atoms with Crippen LogP contribution in [-0.4, -0.2) is 15.3 Å². The summed E-state index contributed by atoms with van der Waals surface area (Å²) in [7, 11) is 0.753. The maximum Gasteiger partial charge on any atom is 0.152 e. The van der Waals surface area contributed by atoms with Crippen LogP contribution in [0.3, 0.4) is 0 Å². The van der Waals surface area contributed by atoms with Gasteiger partial charge in [-0.3, -0.25) is 0 Å². The van der Waals surface area contributed by atoms with Crippen LogP contribution in [0, 0.1) is 0 Å². The van der Waals surface area contributed by atoms with E-state index in [9.17, 15) is 0 Å². The molecule has 0 saturated heterocycles. The predicted octanol–water partition coefficient (Wildman–Crippen LogP) is 3.48. The lowest BCUT2D eigenvalue weighted by Gasteiger charge is -2.33. The molecular formula is C11H25NSi. The van der Waals surface area contributed by atoms with E-state index < -0.39 is 8.24 Å². The first kappa shape index (κ1) is 12.9. The number of unbranched alkanes of at least 4 members (excludes halogenated alkanes) is 1. The van der Waals surface area contributed by atoms with Crippen molar-refractivity contribution in [2.24, 2.45) is 0 Å². The lowest BCUT2D eigenvalue weighted by molar-refractivity contribution is 0.776. The zero-order valence-corrected chi connectivity index (χ0v) is 10.7. The lowest BCUT2D eigenvalue weighted by atomic mass is 10.4. The normalized spacial score (nSPS) is 17.8. The van der Waals surface area contributed by atoms with E-state index in [2.05, 4.69) is 45.1 Å². The standard InChI is InChI=1S/C11H25NSi/c1-6-9-10-13(8-3,12-5)11(4)7-2/h8,11-12H,3,6-7,9-10H2,1-2,4-5H3. The van der Waals surface area contributed by atoms with Gasteiger partial charge in [0.25, 0.3) is 0 Å². The Bertz CT molecular complexity index is 147. The Morgan fingerprint density at radius 1 is 1.46 bits per heavy atom. The Morgan fingerprint density at radius 3 is 2.38 bits per heavy atom. The predicted molar refractivity (Wildman–Crippen MR) is 64.4 cm³/mol. The smallest absolute Gasteiger partial charge is 0.152 e. The third-order valence-corrected chi connectivity index (χ3v) is 8.27. The molecule has 0 aromatic rings. The molecular weight excluding hydrogens is 174 g/mol. The van der Waals surface area contributed by atoms with E-state index in [0.717, 1.165) is 5.54 Å². The summed E-state index contributed by atoms with van der Waals surface area (Å²) >= 11 is 0. The molecule has 0 aromatic heterocycles. The molecule has 0 spiro atoms. The van der Waals surface area contributed by atoms with Crippen LogP contribution in [-0.2, 0) is 0 Å². The van der Waals surface area contributed by atoms with Crippen LogP contribution in [0.5, 0.6) is 0 Å². The fourth-order valence-electron chi connectivity index (χ4n) is 1.86. The fourth-order valence-corrected chi connectivity index (χ4v) is 5.57. The third-order valence-electron chi connectivity index (χ3n) is 3.27. The van der Waals surface area contributed by atoms with Crippen molar-refractivity contribution >= 4 is 8.24 Å². The molecule has 1 N–H and O–H groups in total. The Morgan fingerprint density at radius 2 is 2.08 bits per heavy atom. The van der Waals surface area contributed by atoms with E-state index in [1.165, 1.54) is 25.3 Å². The van der Waals surface area contributed by atoms with Gasteiger partial charge in [-0.2, -0.15) is 0 Å². The molecule has 2 heteroatoms. The number of hydrogen-bond donors (Lipinski definition) is 1. The summed E-state index contributed by atoms with van der Waals surface area (Å²) < 4.78 is 0. The van der Waals surface area contributed by atoms with Crippen LogP contribution in [0.25, 0.3) is 0 Å². The summed E-state index contributed by atoms with van der Waals surface area (Å²) in [5, 5.41) is 0. The van der Waals surface area contributed by atoms with Crippen LogP contribution in [0.4, 0.5) is 0 Å². The highest BCUT2D eigenvalue weighted by Crippen LogP contribution is 2.28. The van der Waals surface area contributed by atoms with Gasteiger partial charge in [0.15, 0.2) is 8.24 Å². The SMILES string of the molecule is C=C[Si](CCCC)(NC)C(C)CC. The number of hydrogen-bond acceptors (Lipinski definition) is 1. The molecule has 0 fully saturated rings. The van der Waals surface area contributed by atoms with E-state index in [1.807, 2.05) is 0 Å². The molecule has 0 aromatic carbocycles. The van der Waals surface area contributed by atoms with Crippen molar-refractivity contribution in [1.82, 2.24) is 4.98 Å². The molecule has 0 aliphatic heterocycles. The molecule has 0 saturated carbocycles. The van der Waals surface area contributed by atoms with E-state index in [-0.39, 0.29) is 0 Å². The van der Waals surface area contributed by atoms with Gasteiger partial charge in [0, 0.05) is 0 Å². The maximum atomic E-state index is 4.03. The van der Waals surface area contributed by atoms with Gasteiger partial charge in [0.05, 0.1) is 0 Å². The van der Waals surface area contributed by atoms with Crippen molar-refractivity contribution < 1.29 is 0 Å². The monoisotopic (exact) mass is 199 g/mol. The third kappa shape index (κ3) is 3.28. The highest BCUT2D eigenvalue weighted by Gasteiger charge is 2.32. The summed E-state index contributed by atoms with van der Waals surface area (Å²) in [5.74, 6) is 0. The van der Waals surface area contributed by atoms with Gasteiger partial charge in [-0.1, -0.05) is 45.7 Å². The highest BCUT2D eigenvalue weighted by atomic mass is 28.3. The van der Waals surface area contributed by atoms with Crippen molar-refractivity contribution in [3.8, 4) is 0 Å². The van der Waals surface area contributed by atoms with Crippen LogP contribution >= 0.6 is 0 Å². The van der Waals surface area contributed by atoms with Crippen molar-refractivity contribution in [3.05, 3.63) is 12.3 Å². The van der Waals surface area contributed by atoms with Gasteiger partial charge in [0.2, 0.25) is 0 Å². The summed E-state index contributed by atoms with van der Waals surface area (Å²) in [6, 6.07) is 1.35. The van der Waals surface area contributed by atoms with E-state index in [1.54, 1.807) is 0 Å². The average Bonchev–Trinajstić information content (AvgIpc) is 2.19. The van der Waals surface area contributed by atoms with Crippen LogP contribution in [0.1, 0.15) is 40.0 Å². The summed E-state index contributed by atoms with van der Waals surface area (Å²) in [4.78, 5) is 3.57.